The maximum atomic E-state index is 10.3. The highest BCUT2D eigenvalue weighted by atomic mass is 16.1. The van der Waals surface area contributed by atoms with Crippen LogP contribution in [0.4, 0.5) is 0 Å². The lowest BCUT2D eigenvalue weighted by Crippen LogP contribution is -1.90. The van der Waals surface area contributed by atoms with Gasteiger partial charge >= 0.3 is 0 Å². The van der Waals surface area contributed by atoms with Crippen LogP contribution in [0.5, 0.6) is 0 Å². The minimum Gasteiger partial charge on any atom is -0.295 e. The Bertz CT molecular complexity index is 274. The molecule has 1 aromatic rings. The monoisotopic (exact) mass is 173 g/mol. The molecule has 66 valence electrons. The fourth-order valence-electron chi connectivity index (χ4n) is 0.806. The first kappa shape index (κ1) is 9.39. The van der Waals surface area contributed by atoms with Crippen molar-refractivity contribution in [3.63, 3.8) is 0 Å². The molecule has 0 spiro atoms. The van der Waals surface area contributed by atoms with Crippen LogP contribution in [0.2, 0.25) is 0 Å². The quantitative estimate of drug-likeness (QED) is 0.601. The summed E-state index contributed by atoms with van der Waals surface area (Å²) >= 11 is 0. The summed E-state index contributed by atoms with van der Waals surface area (Å²) in [5, 5.41) is 0. The van der Waals surface area contributed by atoms with Gasteiger partial charge in [-0.25, -0.2) is 0 Å². The van der Waals surface area contributed by atoms with Gasteiger partial charge in [0, 0.05) is 18.8 Å². The van der Waals surface area contributed by atoms with Gasteiger partial charge in [0.2, 0.25) is 0 Å². The van der Waals surface area contributed by atoms with Crippen LogP contribution in [-0.4, -0.2) is 10.8 Å². The van der Waals surface area contributed by atoms with Gasteiger partial charge in [-0.05, 0) is 18.2 Å². The molecule has 1 aromatic heterocycles. The first-order chi connectivity index (χ1) is 6.39. The van der Waals surface area contributed by atoms with E-state index in [0.717, 1.165) is 0 Å². The van der Waals surface area contributed by atoms with Crippen LogP contribution in [0.3, 0.4) is 0 Å². The summed E-state index contributed by atoms with van der Waals surface area (Å²) in [5.41, 5.74) is 0. The molecule has 13 heavy (non-hydrogen) atoms. The Kier molecular flexibility index (Phi) is 4.25. The van der Waals surface area contributed by atoms with Gasteiger partial charge in [-0.3, -0.25) is 9.78 Å². The van der Waals surface area contributed by atoms with Crippen LogP contribution < -0.4 is 0 Å². The molecule has 0 bridgehead atoms. The predicted octanol–water partition coefficient (Wildman–Crippen LogP) is 2.15. The normalized spacial score (nSPS) is 13.4. The number of rotatable bonds is 0. The Morgan fingerprint density at radius 2 is 1.85 bits per heavy atom. The lowest BCUT2D eigenvalue weighted by atomic mass is 10.2. The maximum Gasteiger partial charge on any atom is 0.159 e. The van der Waals surface area contributed by atoms with E-state index in [9.17, 15) is 4.79 Å². The number of ketones is 1. The third-order valence-corrected chi connectivity index (χ3v) is 1.41. The third kappa shape index (κ3) is 4.69. The summed E-state index contributed by atoms with van der Waals surface area (Å²) in [6, 6.07) is 5.72. The van der Waals surface area contributed by atoms with E-state index < -0.39 is 0 Å². The van der Waals surface area contributed by atoms with Gasteiger partial charge in [0.25, 0.3) is 0 Å². The molecule has 0 aliphatic heterocycles. The standard InChI is InChI=1S/C6H6O.C5H5N/c7-6-4-2-1-3-5-6;1-2-4-6-5-3-1/h1-4H,5H2;1-5H. The number of hydrogen-bond donors (Lipinski definition) is 0. The second-order valence-electron chi connectivity index (χ2n) is 2.48. The van der Waals surface area contributed by atoms with E-state index in [-0.39, 0.29) is 5.78 Å². The van der Waals surface area contributed by atoms with Crippen molar-refractivity contribution in [2.45, 2.75) is 6.42 Å². The molecule has 0 unspecified atom stereocenters. The highest BCUT2D eigenvalue weighted by Crippen LogP contribution is 1.94. The molecular weight excluding hydrogens is 162 g/mol. The summed E-state index contributed by atoms with van der Waals surface area (Å²) in [7, 11) is 0. The van der Waals surface area contributed by atoms with Crippen molar-refractivity contribution in [1.82, 2.24) is 4.98 Å². The van der Waals surface area contributed by atoms with Gasteiger partial charge in [0.1, 0.15) is 0 Å². The van der Waals surface area contributed by atoms with Gasteiger partial charge in [-0.1, -0.05) is 24.3 Å². The second-order valence-corrected chi connectivity index (χ2v) is 2.48. The van der Waals surface area contributed by atoms with Gasteiger partial charge in [-0.2, -0.15) is 0 Å². The van der Waals surface area contributed by atoms with Crippen molar-refractivity contribution >= 4 is 5.78 Å². The van der Waals surface area contributed by atoms with Crippen molar-refractivity contribution in [1.29, 1.82) is 0 Å². The van der Waals surface area contributed by atoms with Crippen LogP contribution in [0.1, 0.15) is 6.42 Å². The predicted molar refractivity (Wildman–Crippen MR) is 52.1 cm³/mol. The number of allylic oxidation sites excluding steroid dienone is 4. The van der Waals surface area contributed by atoms with Gasteiger partial charge in [0.05, 0.1) is 0 Å². The number of pyridine rings is 1. The fourth-order valence-corrected chi connectivity index (χ4v) is 0.806. The van der Waals surface area contributed by atoms with Gasteiger partial charge < -0.3 is 0 Å². The van der Waals surface area contributed by atoms with E-state index in [0.29, 0.717) is 6.42 Å². The Balaban J connectivity index is 0.000000132. The molecule has 0 atom stereocenters. The molecule has 0 radical (unpaired) electrons. The fraction of sp³-hybridized carbons (Fsp3) is 0.0909. The summed E-state index contributed by atoms with van der Waals surface area (Å²) < 4.78 is 0. The lowest BCUT2D eigenvalue weighted by molar-refractivity contribution is -0.113. The maximum absolute atomic E-state index is 10.3. The zero-order chi connectivity index (χ0) is 9.36. The van der Waals surface area contributed by atoms with Crippen LogP contribution >= 0.6 is 0 Å². The zero-order valence-electron chi connectivity index (χ0n) is 7.26. The second kappa shape index (κ2) is 5.89. The molecule has 2 heteroatoms. The van der Waals surface area contributed by atoms with Crippen LogP contribution in [0.15, 0.2) is 54.9 Å². The van der Waals surface area contributed by atoms with E-state index in [1.165, 1.54) is 0 Å². The van der Waals surface area contributed by atoms with Gasteiger partial charge in [-0.15, -0.1) is 0 Å². The van der Waals surface area contributed by atoms with E-state index in [1.807, 2.05) is 30.4 Å². The molecular formula is C11H11NO. The van der Waals surface area contributed by atoms with Gasteiger partial charge in [0.15, 0.2) is 5.78 Å². The molecule has 0 saturated carbocycles. The lowest BCUT2D eigenvalue weighted by Gasteiger charge is -1.88. The molecule has 0 N–H and O–H groups in total. The number of aromatic nitrogens is 1. The Labute approximate surface area is 77.6 Å². The highest BCUT2D eigenvalue weighted by Gasteiger charge is 1.92. The molecule has 0 amide bonds. The van der Waals surface area contributed by atoms with Crippen molar-refractivity contribution in [3.8, 4) is 0 Å². The summed E-state index contributed by atoms with van der Waals surface area (Å²) in [4.78, 5) is 14.1. The Hall–Kier alpha value is -1.70. The number of carbonyl (C=O) groups excluding carboxylic acids is 1. The molecule has 2 nitrogen and oxygen atoms in total. The van der Waals surface area contributed by atoms with E-state index in [2.05, 4.69) is 4.98 Å². The molecule has 1 aliphatic carbocycles. The van der Waals surface area contributed by atoms with E-state index in [1.54, 1.807) is 24.5 Å². The molecule has 1 aliphatic rings. The zero-order valence-corrected chi connectivity index (χ0v) is 7.26. The first-order valence-electron chi connectivity index (χ1n) is 4.10. The van der Waals surface area contributed by atoms with Crippen LogP contribution in [-0.2, 0) is 4.79 Å². The average Bonchev–Trinajstić information content (AvgIpc) is 2.22. The Morgan fingerprint density at radius 3 is 2.08 bits per heavy atom. The topological polar surface area (TPSA) is 30.0 Å². The van der Waals surface area contributed by atoms with Crippen molar-refractivity contribution in [3.05, 3.63) is 54.9 Å². The highest BCUT2D eigenvalue weighted by molar-refractivity contribution is 5.92. The minimum absolute atomic E-state index is 0.197. The molecule has 2 rings (SSSR count). The largest absolute Gasteiger partial charge is 0.295 e. The molecule has 0 fully saturated rings. The number of nitrogens with zero attached hydrogens (tertiary/aromatic N) is 1. The average molecular weight is 173 g/mol. The minimum atomic E-state index is 0.197. The summed E-state index contributed by atoms with van der Waals surface area (Å²) in [6.45, 7) is 0. The van der Waals surface area contributed by atoms with Crippen molar-refractivity contribution in [2.24, 2.45) is 0 Å². The van der Waals surface area contributed by atoms with Crippen molar-refractivity contribution in [2.75, 3.05) is 0 Å². The smallest absolute Gasteiger partial charge is 0.159 e. The summed E-state index contributed by atoms with van der Waals surface area (Å²) in [5.74, 6) is 0.197. The third-order valence-electron chi connectivity index (χ3n) is 1.41. The van der Waals surface area contributed by atoms with E-state index in [4.69, 9.17) is 0 Å². The molecule has 0 aromatic carbocycles. The SMILES string of the molecule is O=C1C=CC=CC1.c1ccncc1. The number of carbonyl (C=O) groups is 1. The Morgan fingerprint density at radius 1 is 1.08 bits per heavy atom. The number of hydrogen-bond acceptors (Lipinski definition) is 2. The van der Waals surface area contributed by atoms with E-state index >= 15 is 0 Å². The van der Waals surface area contributed by atoms with Crippen LogP contribution in [0, 0.1) is 0 Å². The molecule has 0 saturated heterocycles. The van der Waals surface area contributed by atoms with Crippen LogP contribution in [0.25, 0.3) is 0 Å². The van der Waals surface area contributed by atoms with Crippen molar-refractivity contribution < 1.29 is 4.79 Å². The molecule has 1 heterocycles. The first-order valence-corrected chi connectivity index (χ1v) is 4.10. The summed E-state index contributed by atoms with van der Waals surface area (Å²) in [6.07, 6.45) is 11.1.